The van der Waals surface area contributed by atoms with Gasteiger partial charge in [-0.05, 0) is 25.8 Å². The topological polar surface area (TPSA) is 89.1 Å². The molecule has 1 fully saturated rings. The fourth-order valence-corrected chi connectivity index (χ4v) is 3.23. The number of anilines is 1. The average Bonchev–Trinajstić information content (AvgIpc) is 3.37. The maximum atomic E-state index is 13.8. The van der Waals surface area contributed by atoms with Crippen LogP contribution in [0.1, 0.15) is 36.2 Å². The van der Waals surface area contributed by atoms with Crippen LogP contribution in [0.2, 0.25) is 0 Å². The summed E-state index contributed by atoms with van der Waals surface area (Å²) in [6.45, 7) is 2.65. The van der Waals surface area contributed by atoms with Gasteiger partial charge >= 0.3 is 6.03 Å². The van der Waals surface area contributed by atoms with Gasteiger partial charge in [0.05, 0.1) is 18.4 Å². The molecule has 1 aliphatic heterocycles. The normalized spacial score (nSPS) is 16.7. The number of likely N-dealkylation sites (tertiary alicyclic amines) is 1. The first-order valence-corrected chi connectivity index (χ1v) is 8.74. The van der Waals surface area contributed by atoms with E-state index < -0.39 is 0 Å². The van der Waals surface area contributed by atoms with Crippen molar-refractivity contribution in [1.82, 2.24) is 24.8 Å². The molecule has 1 aliphatic rings. The van der Waals surface area contributed by atoms with E-state index in [1.807, 2.05) is 0 Å². The average molecular weight is 370 g/mol. The summed E-state index contributed by atoms with van der Waals surface area (Å²) in [5, 5.41) is 10.8. The van der Waals surface area contributed by atoms with Crippen molar-refractivity contribution >= 4 is 11.7 Å². The number of aryl methyl sites for hydroxylation is 1. The second-order valence-corrected chi connectivity index (χ2v) is 6.48. The molecule has 1 N–H and O–H groups in total. The molecule has 3 aromatic rings. The van der Waals surface area contributed by atoms with Gasteiger partial charge in [-0.2, -0.15) is 10.1 Å². The van der Waals surface area contributed by atoms with Crippen molar-refractivity contribution in [1.29, 1.82) is 0 Å². The summed E-state index contributed by atoms with van der Waals surface area (Å²) >= 11 is 0. The number of nitrogens with zero attached hydrogens (tertiary/aromatic N) is 5. The number of hydrogen-bond donors (Lipinski definition) is 1. The first kappa shape index (κ1) is 17.2. The van der Waals surface area contributed by atoms with Crippen molar-refractivity contribution in [2.45, 2.75) is 32.4 Å². The van der Waals surface area contributed by atoms with E-state index >= 15 is 0 Å². The van der Waals surface area contributed by atoms with Gasteiger partial charge in [-0.3, -0.25) is 4.68 Å². The van der Waals surface area contributed by atoms with Gasteiger partial charge in [0, 0.05) is 18.3 Å². The zero-order valence-electron chi connectivity index (χ0n) is 14.8. The minimum absolute atomic E-state index is 0.223. The molecule has 2 amide bonds. The predicted molar refractivity (Wildman–Crippen MR) is 94.5 cm³/mol. The number of aromatic nitrogens is 4. The highest BCUT2D eigenvalue weighted by Crippen LogP contribution is 2.31. The Morgan fingerprint density at radius 1 is 1.41 bits per heavy atom. The molecule has 2 aromatic heterocycles. The Hall–Kier alpha value is -3.23. The molecule has 8 nitrogen and oxygen atoms in total. The fourth-order valence-electron chi connectivity index (χ4n) is 3.23. The minimum Gasteiger partial charge on any atom is -0.337 e. The van der Waals surface area contributed by atoms with Crippen LogP contribution >= 0.6 is 0 Å². The van der Waals surface area contributed by atoms with Gasteiger partial charge in [0.25, 0.3) is 0 Å². The first-order valence-electron chi connectivity index (χ1n) is 8.74. The van der Waals surface area contributed by atoms with E-state index in [0.29, 0.717) is 29.5 Å². The molecule has 4 rings (SSSR count). The summed E-state index contributed by atoms with van der Waals surface area (Å²) in [6.07, 6.45) is 4.86. The van der Waals surface area contributed by atoms with Gasteiger partial charge < -0.3 is 14.7 Å². The lowest BCUT2D eigenvalue weighted by Gasteiger charge is -2.21. The Morgan fingerprint density at radius 2 is 2.26 bits per heavy atom. The number of nitrogens with one attached hydrogen (secondary N) is 1. The Morgan fingerprint density at radius 3 is 3.04 bits per heavy atom. The van der Waals surface area contributed by atoms with Crippen LogP contribution in [-0.4, -0.2) is 37.4 Å². The van der Waals surface area contributed by atoms with E-state index in [1.54, 1.807) is 47.1 Å². The van der Waals surface area contributed by atoms with Crippen LogP contribution in [-0.2, 0) is 6.54 Å². The highest BCUT2D eigenvalue weighted by molar-refractivity contribution is 5.89. The molecule has 3 heterocycles. The van der Waals surface area contributed by atoms with Crippen molar-refractivity contribution in [2.75, 3.05) is 11.9 Å². The number of benzene rings is 1. The van der Waals surface area contributed by atoms with Crippen LogP contribution in [0.25, 0.3) is 0 Å². The van der Waals surface area contributed by atoms with Gasteiger partial charge in [0.15, 0.2) is 5.82 Å². The lowest BCUT2D eigenvalue weighted by atomic mass is 10.2. The van der Waals surface area contributed by atoms with Crippen LogP contribution < -0.4 is 5.32 Å². The molecule has 1 atom stereocenters. The molecular formula is C18H19FN6O2. The molecule has 140 valence electrons. The van der Waals surface area contributed by atoms with Crippen molar-refractivity contribution in [3.05, 3.63) is 59.8 Å². The lowest BCUT2D eigenvalue weighted by molar-refractivity contribution is 0.193. The molecular weight excluding hydrogens is 351 g/mol. The molecule has 27 heavy (non-hydrogen) atoms. The maximum absolute atomic E-state index is 13.8. The summed E-state index contributed by atoms with van der Waals surface area (Å²) in [7, 11) is 0. The molecule has 0 radical (unpaired) electrons. The summed E-state index contributed by atoms with van der Waals surface area (Å²) in [4.78, 5) is 18.6. The molecule has 0 saturated carbocycles. The molecule has 1 aromatic carbocycles. The van der Waals surface area contributed by atoms with E-state index in [-0.39, 0.29) is 24.4 Å². The number of urea groups is 1. The third kappa shape index (κ3) is 3.67. The van der Waals surface area contributed by atoms with E-state index in [4.69, 9.17) is 4.52 Å². The second-order valence-electron chi connectivity index (χ2n) is 6.48. The Kier molecular flexibility index (Phi) is 4.57. The predicted octanol–water partition coefficient (Wildman–Crippen LogP) is 3.13. The van der Waals surface area contributed by atoms with Crippen molar-refractivity contribution in [3.8, 4) is 0 Å². The van der Waals surface area contributed by atoms with E-state index in [9.17, 15) is 9.18 Å². The Bertz CT molecular complexity index is 953. The van der Waals surface area contributed by atoms with Crippen LogP contribution in [0.5, 0.6) is 0 Å². The van der Waals surface area contributed by atoms with Gasteiger partial charge in [0.1, 0.15) is 11.9 Å². The van der Waals surface area contributed by atoms with Gasteiger partial charge in [-0.15, -0.1) is 0 Å². The smallest absolute Gasteiger partial charge is 0.322 e. The largest absolute Gasteiger partial charge is 0.337 e. The van der Waals surface area contributed by atoms with Crippen LogP contribution in [0.3, 0.4) is 0 Å². The Labute approximate surface area is 155 Å². The van der Waals surface area contributed by atoms with Gasteiger partial charge in [-0.1, -0.05) is 23.4 Å². The molecule has 0 bridgehead atoms. The Balaban J connectivity index is 1.42. The number of halogens is 1. The third-order valence-corrected chi connectivity index (χ3v) is 4.52. The fraction of sp³-hybridized carbons (Fsp3) is 0.333. The molecule has 1 saturated heterocycles. The molecule has 0 unspecified atom stereocenters. The van der Waals surface area contributed by atoms with Crippen molar-refractivity contribution in [3.63, 3.8) is 0 Å². The quantitative estimate of drug-likeness (QED) is 0.762. The number of hydrogen-bond acceptors (Lipinski definition) is 5. The van der Waals surface area contributed by atoms with Crippen LogP contribution in [0.15, 0.2) is 41.2 Å². The van der Waals surface area contributed by atoms with E-state index in [0.717, 1.165) is 12.8 Å². The van der Waals surface area contributed by atoms with Crippen molar-refractivity contribution < 1.29 is 13.7 Å². The monoisotopic (exact) mass is 370 g/mol. The number of amides is 2. The number of carbonyl (C=O) groups excluding carboxylic acids is 1. The van der Waals surface area contributed by atoms with Crippen LogP contribution in [0.4, 0.5) is 14.9 Å². The van der Waals surface area contributed by atoms with Gasteiger partial charge in [-0.25, -0.2) is 9.18 Å². The molecule has 9 heteroatoms. The van der Waals surface area contributed by atoms with Crippen molar-refractivity contribution in [2.24, 2.45) is 0 Å². The summed E-state index contributed by atoms with van der Waals surface area (Å²) in [5.41, 5.74) is 1.08. The highest BCUT2D eigenvalue weighted by atomic mass is 19.1. The first-order chi connectivity index (χ1) is 13.1. The summed E-state index contributed by atoms with van der Waals surface area (Å²) < 4.78 is 20.6. The minimum atomic E-state index is -0.284. The number of carbonyl (C=O) groups is 1. The number of rotatable bonds is 4. The molecule has 0 aliphatic carbocycles. The van der Waals surface area contributed by atoms with E-state index in [2.05, 4.69) is 20.6 Å². The summed E-state index contributed by atoms with van der Waals surface area (Å²) in [5.74, 6) is 0.718. The maximum Gasteiger partial charge on any atom is 0.322 e. The highest BCUT2D eigenvalue weighted by Gasteiger charge is 2.34. The van der Waals surface area contributed by atoms with E-state index in [1.165, 1.54) is 6.07 Å². The second kappa shape index (κ2) is 7.18. The third-order valence-electron chi connectivity index (χ3n) is 4.52. The zero-order valence-corrected chi connectivity index (χ0v) is 14.8. The standard InChI is InChI=1S/C18H19FN6O2/c1-12-21-17(27-23-12)16-7-4-8-25(16)18(26)22-14-9-20-24(11-14)10-13-5-2-3-6-15(13)19/h2-3,5-6,9,11,16H,4,7-8,10H2,1H3,(H,22,26)/t16-/m0/s1. The van der Waals surface area contributed by atoms with Crippen LogP contribution in [0, 0.1) is 12.7 Å². The molecule has 0 spiro atoms. The zero-order chi connectivity index (χ0) is 18.8. The van der Waals surface area contributed by atoms with Gasteiger partial charge in [0.2, 0.25) is 5.89 Å². The SMILES string of the molecule is Cc1noc([C@@H]2CCCN2C(=O)Nc2cnn(Cc3ccccc3F)c2)n1. The lowest BCUT2D eigenvalue weighted by Crippen LogP contribution is -2.34. The summed E-state index contributed by atoms with van der Waals surface area (Å²) in [6, 6.07) is 6.06.